The number of likely N-dealkylation sites (tertiary alicyclic amines) is 1. The minimum atomic E-state index is -0.302. The lowest BCUT2D eigenvalue weighted by Crippen LogP contribution is -2.43. The van der Waals surface area contributed by atoms with Crippen molar-refractivity contribution in [1.29, 1.82) is 0 Å². The lowest BCUT2D eigenvalue weighted by atomic mass is 10.1. The van der Waals surface area contributed by atoms with Crippen LogP contribution >= 0.6 is 0 Å². The summed E-state index contributed by atoms with van der Waals surface area (Å²) in [7, 11) is 0. The highest BCUT2D eigenvalue weighted by molar-refractivity contribution is 5.84. The molecule has 0 N–H and O–H groups in total. The molecule has 4 nitrogen and oxygen atoms in total. The summed E-state index contributed by atoms with van der Waals surface area (Å²) in [5.74, 6) is -0.0973. The van der Waals surface area contributed by atoms with Crippen LogP contribution in [0.1, 0.15) is 32.3 Å². The van der Waals surface area contributed by atoms with Gasteiger partial charge in [0.1, 0.15) is 11.8 Å². The summed E-state index contributed by atoms with van der Waals surface area (Å²) >= 11 is 0. The molecule has 0 unspecified atom stereocenters. The van der Waals surface area contributed by atoms with Gasteiger partial charge in [-0.05, 0) is 32.3 Å². The normalized spacial score (nSPS) is 22.7. The average Bonchev–Trinajstić information content (AvgIpc) is 2.84. The first kappa shape index (κ1) is 14.7. The second kappa shape index (κ2) is 6.66. The number of nitrogens with zero attached hydrogens (tertiary/aromatic N) is 1. The minimum absolute atomic E-state index is 0.118. The highest BCUT2D eigenvalue weighted by Gasteiger charge is 2.40. The van der Waals surface area contributed by atoms with Gasteiger partial charge in [-0.2, -0.15) is 0 Å². The predicted molar refractivity (Wildman–Crippen MR) is 76.1 cm³/mol. The third-order valence-corrected chi connectivity index (χ3v) is 3.75. The van der Waals surface area contributed by atoms with Gasteiger partial charge in [-0.25, -0.2) is 0 Å². The van der Waals surface area contributed by atoms with Gasteiger partial charge < -0.3 is 4.74 Å². The van der Waals surface area contributed by atoms with Crippen molar-refractivity contribution in [2.75, 3.05) is 6.61 Å². The van der Waals surface area contributed by atoms with Crippen LogP contribution in [0.15, 0.2) is 30.3 Å². The Hall–Kier alpha value is -1.68. The van der Waals surface area contributed by atoms with Crippen molar-refractivity contribution >= 4 is 11.8 Å². The molecule has 2 rings (SSSR count). The largest absolute Gasteiger partial charge is 0.465 e. The Bertz CT molecular complexity index is 472. The van der Waals surface area contributed by atoms with Crippen molar-refractivity contribution in [2.45, 2.75) is 45.3 Å². The first-order valence-corrected chi connectivity index (χ1v) is 7.10. The van der Waals surface area contributed by atoms with Crippen molar-refractivity contribution in [3.05, 3.63) is 35.9 Å². The van der Waals surface area contributed by atoms with Crippen LogP contribution in [-0.4, -0.2) is 35.3 Å². The second-order valence-electron chi connectivity index (χ2n) is 5.13. The maximum atomic E-state index is 12.0. The summed E-state index contributed by atoms with van der Waals surface area (Å²) in [6.45, 7) is 4.38. The zero-order valence-electron chi connectivity index (χ0n) is 12.0. The van der Waals surface area contributed by atoms with Gasteiger partial charge in [0.2, 0.25) is 0 Å². The molecular formula is C16H21NO3. The zero-order valence-corrected chi connectivity index (χ0v) is 12.0. The van der Waals surface area contributed by atoms with E-state index in [1.54, 1.807) is 13.8 Å². The SMILES string of the molecule is CCOC(=O)[C@@H]1CC[C@H](C(C)=O)N1Cc1ccccc1. The number of esters is 1. The summed E-state index contributed by atoms with van der Waals surface area (Å²) in [4.78, 5) is 25.8. The van der Waals surface area contributed by atoms with Crippen LogP contribution in [0, 0.1) is 0 Å². The van der Waals surface area contributed by atoms with E-state index >= 15 is 0 Å². The van der Waals surface area contributed by atoms with Crippen molar-refractivity contribution in [3.63, 3.8) is 0 Å². The van der Waals surface area contributed by atoms with E-state index in [9.17, 15) is 9.59 Å². The molecule has 1 heterocycles. The molecule has 0 bridgehead atoms. The van der Waals surface area contributed by atoms with E-state index in [0.29, 0.717) is 19.6 Å². The molecule has 1 aliphatic rings. The number of ether oxygens (including phenoxy) is 1. The molecular weight excluding hydrogens is 254 g/mol. The van der Waals surface area contributed by atoms with E-state index in [1.807, 2.05) is 35.2 Å². The summed E-state index contributed by atoms with van der Waals surface area (Å²) < 4.78 is 5.13. The number of rotatable bonds is 5. The fraction of sp³-hybridized carbons (Fsp3) is 0.500. The van der Waals surface area contributed by atoms with Gasteiger partial charge in [0.05, 0.1) is 12.6 Å². The molecule has 0 aromatic heterocycles. The van der Waals surface area contributed by atoms with E-state index in [4.69, 9.17) is 4.74 Å². The van der Waals surface area contributed by atoms with Gasteiger partial charge in [-0.1, -0.05) is 30.3 Å². The molecule has 4 heteroatoms. The maximum Gasteiger partial charge on any atom is 0.323 e. The van der Waals surface area contributed by atoms with Crippen LogP contribution in [0.3, 0.4) is 0 Å². The average molecular weight is 275 g/mol. The Balaban J connectivity index is 2.16. The highest BCUT2D eigenvalue weighted by Crippen LogP contribution is 2.27. The van der Waals surface area contributed by atoms with Gasteiger partial charge >= 0.3 is 5.97 Å². The molecule has 1 saturated heterocycles. The lowest BCUT2D eigenvalue weighted by Gasteiger charge is -2.27. The number of Topliss-reactive ketones (excluding diaryl/α,β-unsaturated/α-hetero) is 1. The smallest absolute Gasteiger partial charge is 0.323 e. The number of ketones is 1. The molecule has 1 aromatic carbocycles. The van der Waals surface area contributed by atoms with Crippen molar-refractivity contribution in [3.8, 4) is 0 Å². The van der Waals surface area contributed by atoms with Gasteiger partial charge in [-0.15, -0.1) is 0 Å². The summed E-state index contributed by atoms with van der Waals surface area (Å²) in [5, 5.41) is 0. The molecule has 20 heavy (non-hydrogen) atoms. The van der Waals surface area contributed by atoms with Gasteiger partial charge in [0.25, 0.3) is 0 Å². The van der Waals surface area contributed by atoms with Crippen LogP contribution in [0.5, 0.6) is 0 Å². The van der Waals surface area contributed by atoms with Crippen LogP contribution in [0.2, 0.25) is 0 Å². The minimum Gasteiger partial charge on any atom is -0.465 e. The number of benzene rings is 1. The van der Waals surface area contributed by atoms with Crippen LogP contribution in [-0.2, 0) is 20.9 Å². The third-order valence-electron chi connectivity index (χ3n) is 3.75. The topological polar surface area (TPSA) is 46.6 Å². The van der Waals surface area contributed by atoms with Crippen molar-refractivity contribution in [1.82, 2.24) is 4.90 Å². The molecule has 1 aromatic rings. The van der Waals surface area contributed by atoms with E-state index in [0.717, 1.165) is 12.0 Å². The summed E-state index contributed by atoms with van der Waals surface area (Å²) in [5.41, 5.74) is 1.11. The Kier molecular flexibility index (Phi) is 4.90. The standard InChI is InChI=1S/C16H21NO3/c1-3-20-16(19)15-10-9-14(12(2)18)17(15)11-13-7-5-4-6-8-13/h4-8,14-15H,3,9-11H2,1-2H3/t14-,15+/m1/s1. The van der Waals surface area contributed by atoms with Gasteiger partial charge in [-0.3, -0.25) is 14.5 Å². The maximum absolute atomic E-state index is 12.0. The summed E-state index contributed by atoms with van der Waals surface area (Å²) in [6, 6.07) is 9.43. The van der Waals surface area contributed by atoms with E-state index in [2.05, 4.69) is 0 Å². The Morgan fingerprint density at radius 2 is 1.85 bits per heavy atom. The van der Waals surface area contributed by atoms with Crippen LogP contribution in [0.4, 0.5) is 0 Å². The van der Waals surface area contributed by atoms with E-state index in [-0.39, 0.29) is 23.8 Å². The third kappa shape index (κ3) is 3.25. The molecule has 0 radical (unpaired) electrons. The number of carbonyl (C=O) groups is 2. The second-order valence-corrected chi connectivity index (χ2v) is 5.13. The number of hydrogen-bond acceptors (Lipinski definition) is 4. The molecule has 0 amide bonds. The number of carbonyl (C=O) groups excluding carboxylic acids is 2. The fourth-order valence-corrected chi connectivity index (χ4v) is 2.81. The lowest BCUT2D eigenvalue weighted by molar-refractivity contribution is -0.149. The Morgan fingerprint density at radius 1 is 1.20 bits per heavy atom. The summed E-state index contributed by atoms with van der Waals surface area (Å²) in [6.07, 6.45) is 1.42. The van der Waals surface area contributed by atoms with E-state index < -0.39 is 0 Å². The molecule has 1 fully saturated rings. The van der Waals surface area contributed by atoms with Crippen LogP contribution in [0.25, 0.3) is 0 Å². The molecule has 0 saturated carbocycles. The molecule has 108 valence electrons. The zero-order chi connectivity index (χ0) is 14.5. The quantitative estimate of drug-likeness (QED) is 0.773. The van der Waals surface area contributed by atoms with Gasteiger partial charge in [0.15, 0.2) is 0 Å². The highest BCUT2D eigenvalue weighted by atomic mass is 16.5. The first-order valence-electron chi connectivity index (χ1n) is 7.10. The van der Waals surface area contributed by atoms with E-state index in [1.165, 1.54) is 0 Å². The Labute approximate surface area is 119 Å². The monoisotopic (exact) mass is 275 g/mol. The van der Waals surface area contributed by atoms with Crippen molar-refractivity contribution in [2.24, 2.45) is 0 Å². The van der Waals surface area contributed by atoms with Crippen molar-refractivity contribution < 1.29 is 14.3 Å². The molecule has 2 atom stereocenters. The first-order chi connectivity index (χ1) is 9.63. The molecule has 0 spiro atoms. The van der Waals surface area contributed by atoms with Gasteiger partial charge in [0, 0.05) is 6.54 Å². The fourth-order valence-electron chi connectivity index (χ4n) is 2.81. The molecule has 1 aliphatic heterocycles. The number of hydrogen-bond donors (Lipinski definition) is 0. The van der Waals surface area contributed by atoms with Crippen LogP contribution < -0.4 is 0 Å². The molecule has 0 aliphatic carbocycles. The Morgan fingerprint density at radius 3 is 2.45 bits per heavy atom. The predicted octanol–water partition coefficient (Wildman–Crippen LogP) is 2.17.